The zero-order chi connectivity index (χ0) is 18.0. The Morgan fingerprint density at radius 1 is 1.24 bits per heavy atom. The van der Waals surface area contributed by atoms with E-state index < -0.39 is 10.9 Å². The molecule has 2 saturated carbocycles. The monoisotopic (exact) mass is 347 g/mol. The second-order valence-corrected chi connectivity index (χ2v) is 6.87. The normalized spacial score (nSPS) is 22.3. The first kappa shape index (κ1) is 17.3. The van der Waals surface area contributed by atoms with Crippen LogP contribution in [0.1, 0.15) is 36.0 Å². The Hall–Kier alpha value is -2.48. The van der Waals surface area contributed by atoms with Gasteiger partial charge in [0.2, 0.25) is 0 Å². The number of benzene rings is 1. The van der Waals surface area contributed by atoms with Gasteiger partial charge in [0.25, 0.3) is 11.6 Å². The van der Waals surface area contributed by atoms with Crippen molar-refractivity contribution in [3.05, 3.63) is 39.9 Å². The topological polar surface area (TPSA) is 113 Å². The maximum atomic E-state index is 12.2. The van der Waals surface area contributed by atoms with Gasteiger partial charge < -0.3 is 10.4 Å². The number of carboxylic acid groups (broad SMARTS) is 1. The summed E-state index contributed by atoms with van der Waals surface area (Å²) in [5.41, 5.74) is 0.332. The van der Waals surface area contributed by atoms with E-state index in [2.05, 4.69) is 5.32 Å². The SMILES string of the molecule is O=C(O)CN(CC1CC1)C1CC(NC(=O)c2ccc([N+](=O)[O-])cc2)C1. The highest BCUT2D eigenvalue weighted by atomic mass is 16.6. The van der Waals surface area contributed by atoms with Crippen molar-refractivity contribution in [3.8, 4) is 0 Å². The molecule has 0 spiro atoms. The van der Waals surface area contributed by atoms with Crippen LogP contribution in [0.2, 0.25) is 0 Å². The second kappa shape index (κ2) is 7.18. The van der Waals surface area contributed by atoms with Crippen LogP contribution in [0.4, 0.5) is 5.69 Å². The molecule has 2 aliphatic carbocycles. The number of carbonyl (C=O) groups excluding carboxylic acids is 1. The lowest BCUT2D eigenvalue weighted by molar-refractivity contribution is -0.384. The number of nitro groups is 1. The van der Waals surface area contributed by atoms with E-state index in [1.165, 1.54) is 37.1 Å². The summed E-state index contributed by atoms with van der Waals surface area (Å²) >= 11 is 0. The third-order valence-electron chi connectivity index (χ3n) is 4.83. The van der Waals surface area contributed by atoms with Crippen LogP contribution in [0.3, 0.4) is 0 Å². The number of non-ortho nitro benzene ring substituents is 1. The van der Waals surface area contributed by atoms with Gasteiger partial charge in [-0.25, -0.2) is 0 Å². The van der Waals surface area contributed by atoms with E-state index in [4.69, 9.17) is 5.11 Å². The molecule has 0 saturated heterocycles. The van der Waals surface area contributed by atoms with Crippen molar-refractivity contribution in [1.29, 1.82) is 0 Å². The Morgan fingerprint density at radius 3 is 2.40 bits per heavy atom. The number of carboxylic acids is 1. The zero-order valence-corrected chi connectivity index (χ0v) is 13.8. The van der Waals surface area contributed by atoms with E-state index in [1.54, 1.807) is 0 Å². The van der Waals surface area contributed by atoms with Crippen LogP contribution >= 0.6 is 0 Å². The maximum absolute atomic E-state index is 12.2. The summed E-state index contributed by atoms with van der Waals surface area (Å²) in [6.07, 6.45) is 3.81. The van der Waals surface area contributed by atoms with E-state index in [0.29, 0.717) is 11.5 Å². The summed E-state index contributed by atoms with van der Waals surface area (Å²) in [4.78, 5) is 35.3. The number of hydrogen-bond acceptors (Lipinski definition) is 5. The number of nitrogens with one attached hydrogen (secondary N) is 1. The van der Waals surface area contributed by atoms with Gasteiger partial charge in [0.15, 0.2) is 0 Å². The van der Waals surface area contributed by atoms with Gasteiger partial charge in [0, 0.05) is 36.3 Å². The fourth-order valence-corrected chi connectivity index (χ4v) is 3.16. The van der Waals surface area contributed by atoms with Crippen molar-refractivity contribution in [1.82, 2.24) is 10.2 Å². The maximum Gasteiger partial charge on any atom is 0.317 e. The molecule has 1 amide bonds. The number of nitrogens with zero attached hydrogens (tertiary/aromatic N) is 2. The predicted molar refractivity (Wildman–Crippen MR) is 89.3 cm³/mol. The largest absolute Gasteiger partial charge is 0.480 e. The highest BCUT2D eigenvalue weighted by Crippen LogP contribution is 2.33. The molecule has 1 aromatic rings. The summed E-state index contributed by atoms with van der Waals surface area (Å²) in [5, 5.41) is 22.6. The molecule has 0 atom stereocenters. The molecule has 8 heteroatoms. The standard InChI is InChI=1S/C17H21N3O5/c21-16(22)10-19(9-11-1-2-11)15-7-13(8-15)18-17(23)12-3-5-14(6-4-12)20(24)25/h3-6,11,13,15H,1-2,7-10H2,(H,18,23)(H,21,22). The Balaban J connectivity index is 1.49. The first-order valence-corrected chi connectivity index (χ1v) is 8.43. The molecule has 1 aromatic carbocycles. The van der Waals surface area contributed by atoms with Gasteiger partial charge in [-0.15, -0.1) is 0 Å². The molecule has 0 aliphatic heterocycles. The Morgan fingerprint density at radius 2 is 1.88 bits per heavy atom. The van der Waals surface area contributed by atoms with Gasteiger partial charge in [-0.05, 0) is 43.7 Å². The minimum atomic E-state index is -0.820. The molecule has 3 rings (SSSR count). The first-order chi connectivity index (χ1) is 11.9. The number of rotatable bonds is 8. The van der Waals surface area contributed by atoms with Gasteiger partial charge in [-0.2, -0.15) is 0 Å². The van der Waals surface area contributed by atoms with Crippen LogP contribution in [0.15, 0.2) is 24.3 Å². The van der Waals surface area contributed by atoms with Gasteiger partial charge >= 0.3 is 5.97 Å². The van der Waals surface area contributed by atoms with Crippen LogP contribution in [-0.2, 0) is 4.79 Å². The smallest absolute Gasteiger partial charge is 0.317 e. The molecule has 0 radical (unpaired) electrons. The van der Waals surface area contributed by atoms with Crippen LogP contribution in [-0.4, -0.2) is 52.0 Å². The molecule has 2 N–H and O–H groups in total. The molecule has 0 bridgehead atoms. The third-order valence-corrected chi connectivity index (χ3v) is 4.83. The lowest BCUT2D eigenvalue weighted by Crippen LogP contribution is -2.55. The fraction of sp³-hybridized carbons (Fsp3) is 0.529. The van der Waals surface area contributed by atoms with Gasteiger partial charge in [0.1, 0.15) is 0 Å². The highest BCUT2D eigenvalue weighted by molar-refractivity contribution is 5.94. The third kappa shape index (κ3) is 4.54. The molecule has 2 aliphatic rings. The summed E-state index contributed by atoms with van der Waals surface area (Å²) in [6, 6.07) is 5.70. The summed E-state index contributed by atoms with van der Waals surface area (Å²) in [7, 11) is 0. The highest BCUT2D eigenvalue weighted by Gasteiger charge is 2.37. The summed E-state index contributed by atoms with van der Waals surface area (Å²) in [6.45, 7) is 0.865. The number of aliphatic carboxylic acids is 1. The number of hydrogen-bond donors (Lipinski definition) is 2. The van der Waals surface area contributed by atoms with E-state index >= 15 is 0 Å². The average molecular weight is 347 g/mol. The second-order valence-electron chi connectivity index (χ2n) is 6.87. The Labute approximate surface area is 145 Å². The Bertz CT molecular complexity index is 665. The van der Waals surface area contributed by atoms with Crippen molar-refractivity contribution in [3.63, 3.8) is 0 Å². The van der Waals surface area contributed by atoms with E-state index in [0.717, 1.165) is 19.4 Å². The number of nitro benzene ring substituents is 1. The Kier molecular flexibility index (Phi) is 4.98. The first-order valence-electron chi connectivity index (χ1n) is 8.43. The van der Waals surface area contributed by atoms with E-state index in [9.17, 15) is 19.7 Å². The quantitative estimate of drug-likeness (QED) is 0.546. The lowest BCUT2D eigenvalue weighted by atomic mass is 9.85. The summed E-state index contributed by atoms with van der Waals surface area (Å²) < 4.78 is 0. The minimum absolute atomic E-state index is 0.0168. The van der Waals surface area contributed by atoms with Crippen LogP contribution in [0.25, 0.3) is 0 Å². The predicted octanol–water partition coefficient (Wildman–Crippen LogP) is 1.65. The number of amides is 1. The molecule has 0 unspecified atom stereocenters. The molecule has 0 aromatic heterocycles. The molecule has 25 heavy (non-hydrogen) atoms. The van der Waals surface area contributed by atoms with Crippen molar-refractivity contribution >= 4 is 17.6 Å². The van der Waals surface area contributed by atoms with E-state index in [-0.39, 0.29) is 30.2 Å². The molecule has 0 heterocycles. The van der Waals surface area contributed by atoms with Crippen LogP contribution in [0.5, 0.6) is 0 Å². The van der Waals surface area contributed by atoms with Gasteiger partial charge in [-0.3, -0.25) is 24.6 Å². The number of carbonyl (C=O) groups is 2. The van der Waals surface area contributed by atoms with Gasteiger partial charge in [0.05, 0.1) is 11.5 Å². The van der Waals surface area contributed by atoms with Crippen molar-refractivity contribution < 1.29 is 19.6 Å². The zero-order valence-electron chi connectivity index (χ0n) is 13.8. The molecular weight excluding hydrogens is 326 g/mol. The molecular formula is C17H21N3O5. The fourth-order valence-electron chi connectivity index (χ4n) is 3.16. The van der Waals surface area contributed by atoms with Crippen molar-refractivity contribution in [2.45, 2.75) is 37.8 Å². The van der Waals surface area contributed by atoms with Gasteiger partial charge in [-0.1, -0.05) is 0 Å². The van der Waals surface area contributed by atoms with Crippen molar-refractivity contribution in [2.75, 3.05) is 13.1 Å². The average Bonchev–Trinajstić information content (AvgIpc) is 3.33. The lowest BCUT2D eigenvalue weighted by Gasteiger charge is -2.42. The molecule has 2 fully saturated rings. The minimum Gasteiger partial charge on any atom is -0.480 e. The van der Waals surface area contributed by atoms with Crippen LogP contribution in [0, 0.1) is 16.0 Å². The van der Waals surface area contributed by atoms with Crippen molar-refractivity contribution in [2.24, 2.45) is 5.92 Å². The van der Waals surface area contributed by atoms with E-state index in [1.807, 2.05) is 4.90 Å². The molecule has 8 nitrogen and oxygen atoms in total. The van der Waals surface area contributed by atoms with Crippen LogP contribution < -0.4 is 5.32 Å². The molecule has 134 valence electrons. The summed E-state index contributed by atoms with van der Waals surface area (Å²) in [5.74, 6) is -0.461.